The Morgan fingerprint density at radius 3 is 2.74 bits per heavy atom. The van der Waals surface area contributed by atoms with Gasteiger partial charge in [0.15, 0.2) is 0 Å². The third kappa shape index (κ3) is 3.40. The standard InChI is InChI=1S/C18H23FO4/c1-22-18(21)7-3-11-2-4-13(19)8-12(11)9-14-15(10-20)17-6-5-16(14)23-17/h2,4,8,14-17,20H,3,5-7,9-10H2,1H3. The number of carbonyl (C=O) groups is 1. The van der Waals surface area contributed by atoms with Crippen molar-refractivity contribution in [3.8, 4) is 0 Å². The monoisotopic (exact) mass is 322 g/mol. The second kappa shape index (κ2) is 6.97. The Labute approximate surface area is 135 Å². The maximum atomic E-state index is 13.7. The molecule has 0 amide bonds. The minimum atomic E-state index is -0.272. The molecule has 4 atom stereocenters. The van der Waals surface area contributed by atoms with Crippen LogP contribution in [0.25, 0.3) is 0 Å². The van der Waals surface area contributed by atoms with Gasteiger partial charge < -0.3 is 14.6 Å². The maximum absolute atomic E-state index is 13.7. The Hall–Kier alpha value is -1.46. The fourth-order valence-electron chi connectivity index (χ4n) is 4.03. The summed E-state index contributed by atoms with van der Waals surface area (Å²) in [5.41, 5.74) is 1.88. The van der Waals surface area contributed by atoms with Crippen molar-refractivity contribution in [3.05, 3.63) is 35.1 Å². The van der Waals surface area contributed by atoms with Gasteiger partial charge in [-0.25, -0.2) is 4.39 Å². The number of hydrogen-bond donors (Lipinski definition) is 1. The molecule has 0 spiro atoms. The lowest BCUT2D eigenvalue weighted by atomic mass is 9.76. The highest BCUT2D eigenvalue weighted by Crippen LogP contribution is 2.44. The van der Waals surface area contributed by atoms with E-state index in [1.807, 2.05) is 0 Å². The van der Waals surface area contributed by atoms with Crippen LogP contribution in [0.2, 0.25) is 0 Å². The fraction of sp³-hybridized carbons (Fsp3) is 0.611. The van der Waals surface area contributed by atoms with Gasteiger partial charge in [-0.3, -0.25) is 4.79 Å². The zero-order chi connectivity index (χ0) is 16.4. The Balaban J connectivity index is 1.76. The number of hydrogen-bond acceptors (Lipinski definition) is 4. The average molecular weight is 322 g/mol. The number of fused-ring (bicyclic) bond motifs is 2. The molecule has 1 N–H and O–H groups in total. The second-order valence-electron chi connectivity index (χ2n) is 6.49. The van der Waals surface area contributed by atoms with Crippen LogP contribution in [-0.2, 0) is 27.1 Å². The number of aliphatic hydroxyl groups excluding tert-OH is 1. The second-order valence-corrected chi connectivity index (χ2v) is 6.49. The average Bonchev–Trinajstić information content (AvgIpc) is 3.15. The van der Waals surface area contributed by atoms with Crippen LogP contribution in [0.4, 0.5) is 4.39 Å². The molecule has 0 radical (unpaired) electrons. The largest absolute Gasteiger partial charge is 0.469 e. The first-order valence-electron chi connectivity index (χ1n) is 8.22. The number of aryl methyl sites for hydroxylation is 1. The minimum Gasteiger partial charge on any atom is -0.469 e. The zero-order valence-corrected chi connectivity index (χ0v) is 13.3. The van der Waals surface area contributed by atoms with E-state index in [0.29, 0.717) is 12.8 Å². The summed E-state index contributed by atoms with van der Waals surface area (Å²) in [5, 5.41) is 9.65. The first-order valence-corrected chi connectivity index (χ1v) is 8.22. The smallest absolute Gasteiger partial charge is 0.305 e. The number of esters is 1. The lowest BCUT2D eigenvalue weighted by Gasteiger charge is -2.27. The van der Waals surface area contributed by atoms with Crippen LogP contribution < -0.4 is 0 Å². The quantitative estimate of drug-likeness (QED) is 0.816. The SMILES string of the molecule is COC(=O)CCc1ccc(F)cc1CC1C2CCC(O2)C1CO. The molecule has 23 heavy (non-hydrogen) atoms. The minimum absolute atomic E-state index is 0.110. The number of aliphatic hydroxyl groups is 1. The molecule has 126 valence electrons. The molecule has 2 bridgehead atoms. The van der Waals surface area contributed by atoms with Gasteiger partial charge in [-0.1, -0.05) is 6.07 Å². The molecular formula is C18H23FO4. The Kier molecular flexibility index (Phi) is 4.97. The molecule has 2 fully saturated rings. The van der Waals surface area contributed by atoms with E-state index in [-0.39, 0.29) is 48.9 Å². The fourth-order valence-corrected chi connectivity index (χ4v) is 4.03. The van der Waals surface area contributed by atoms with Gasteiger partial charge >= 0.3 is 5.97 Å². The van der Waals surface area contributed by atoms with Gasteiger partial charge in [-0.05, 0) is 54.9 Å². The van der Waals surface area contributed by atoms with Crippen molar-refractivity contribution < 1.29 is 23.8 Å². The molecule has 0 aromatic heterocycles. The summed E-state index contributed by atoms with van der Waals surface area (Å²) in [5.74, 6) is -0.189. The van der Waals surface area contributed by atoms with Crippen LogP contribution in [0, 0.1) is 17.7 Å². The molecule has 0 saturated carbocycles. The van der Waals surface area contributed by atoms with E-state index in [0.717, 1.165) is 24.0 Å². The summed E-state index contributed by atoms with van der Waals surface area (Å²) < 4.78 is 24.3. The molecule has 3 rings (SSSR count). The Bertz CT molecular complexity index is 574. The molecule has 2 aliphatic rings. The molecule has 2 aliphatic heterocycles. The van der Waals surface area contributed by atoms with Gasteiger partial charge in [0.1, 0.15) is 5.82 Å². The predicted molar refractivity (Wildman–Crippen MR) is 82.4 cm³/mol. The Morgan fingerprint density at radius 1 is 1.30 bits per heavy atom. The van der Waals surface area contributed by atoms with E-state index in [4.69, 9.17) is 4.74 Å². The van der Waals surface area contributed by atoms with E-state index in [2.05, 4.69) is 4.74 Å². The van der Waals surface area contributed by atoms with Gasteiger partial charge in [-0.2, -0.15) is 0 Å². The zero-order valence-electron chi connectivity index (χ0n) is 13.3. The molecule has 2 saturated heterocycles. The van der Waals surface area contributed by atoms with Crippen LogP contribution >= 0.6 is 0 Å². The summed E-state index contributed by atoms with van der Waals surface area (Å²) in [6, 6.07) is 4.72. The number of methoxy groups -OCH3 is 1. The topological polar surface area (TPSA) is 55.8 Å². The number of rotatable bonds is 6. The van der Waals surface area contributed by atoms with Crippen molar-refractivity contribution in [1.82, 2.24) is 0 Å². The van der Waals surface area contributed by atoms with Crippen molar-refractivity contribution in [2.24, 2.45) is 11.8 Å². The molecule has 2 heterocycles. The first kappa shape index (κ1) is 16.4. The summed E-state index contributed by atoms with van der Waals surface area (Å²) >= 11 is 0. The summed E-state index contributed by atoms with van der Waals surface area (Å²) in [7, 11) is 1.37. The molecule has 4 unspecified atom stereocenters. The highest BCUT2D eigenvalue weighted by Gasteiger charge is 2.48. The molecule has 1 aromatic carbocycles. The van der Waals surface area contributed by atoms with Crippen LogP contribution in [-0.4, -0.2) is 37.0 Å². The number of ether oxygens (including phenoxy) is 2. The van der Waals surface area contributed by atoms with Gasteiger partial charge in [-0.15, -0.1) is 0 Å². The lowest BCUT2D eigenvalue weighted by Crippen LogP contribution is -2.31. The molecule has 5 heteroatoms. The third-order valence-electron chi connectivity index (χ3n) is 5.25. The highest BCUT2D eigenvalue weighted by molar-refractivity contribution is 5.69. The summed E-state index contributed by atoms with van der Waals surface area (Å²) in [6.45, 7) is 0.110. The van der Waals surface area contributed by atoms with Crippen molar-refractivity contribution in [1.29, 1.82) is 0 Å². The number of carbonyl (C=O) groups excluding carboxylic acids is 1. The highest BCUT2D eigenvalue weighted by atomic mass is 19.1. The van der Waals surface area contributed by atoms with Crippen molar-refractivity contribution >= 4 is 5.97 Å². The molecule has 0 aliphatic carbocycles. The summed E-state index contributed by atoms with van der Waals surface area (Å²) in [6.07, 6.45) is 3.82. The number of benzene rings is 1. The van der Waals surface area contributed by atoms with Crippen LogP contribution in [0.5, 0.6) is 0 Å². The van der Waals surface area contributed by atoms with Crippen molar-refractivity contribution in [3.63, 3.8) is 0 Å². The number of halogens is 1. The van der Waals surface area contributed by atoms with E-state index >= 15 is 0 Å². The molecule has 1 aromatic rings. The predicted octanol–water partition coefficient (Wildman–Crippen LogP) is 2.26. The van der Waals surface area contributed by atoms with Crippen LogP contribution in [0.15, 0.2) is 18.2 Å². The van der Waals surface area contributed by atoms with E-state index in [1.165, 1.54) is 13.2 Å². The van der Waals surface area contributed by atoms with Gasteiger partial charge in [0.2, 0.25) is 0 Å². The third-order valence-corrected chi connectivity index (χ3v) is 5.25. The Morgan fingerprint density at radius 2 is 2.04 bits per heavy atom. The van der Waals surface area contributed by atoms with E-state index in [1.54, 1.807) is 12.1 Å². The molecule has 4 nitrogen and oxygen atoms in total. The maximum Gasteiger partial charge on any atom is 0.305 e. The lowest BCUT2D eigenvalue weighted by molar-refractivity contribution is -0.140. The van der Waals surface area contributed by atoms with Crippen LogP contribution in [0.1, 0.15) is 30.4 Å². The summed E-state index contributed by atoms with van der Waals surface area (Å²) in [4.78, 5) is 11.4. The van der Waals surface area contributed by atoms with Crippen molar-refractivity contribution in [2.75, 3.05) is 13.7 Å². The first-order chi connectivity index (χ1) is 11.1. The van der Waals surface area contributed by atoms with Gasteiger partial charge in [0.25, 0.3) is 0 Å². The van der Waals surface area contributed by atoms with Crippen LogP contribution in [0.3, 0.4) is 0 Å². The molecular weight excluding hydrogens is 299 g/mol. The normalized spacial score (nSPS) is 29.0. The van der Waals surface area contributed by atoms with Gasteiger partial charge in [0.05, 0.1) is 19.3 Å². The van der Waals surface area contributed by atoms with E-state index in [9.17, 15) is 14.3 Å². The van der Waals surface area contributed by atoms with E-state index < -0.39 is 0 Å². The van der Waals surface area contributed by atoms with Crippen molar-refractivity contribution in [2.45, 2.75) is 44.3 Å². The van der Waals surface area contributed by atoms with Gasteiger partial charge in [0, 0.05) is 18.9 Å².